The first-order valence-electron chi connectivity index (χ1n) is 5.36. The first-order chi connectivity index (χ1) is 7.97. The number of hydrogen-bond donors (Lipinski definition) is 1. The van der Waals surface area contributed by atoms with E-state index in [1.54, 1.807) is 12.1 Å². The summed E-state index contributed by atoms with van der Waals surface area (Å²) in [6, 6.07) is 3.35. The van der Waals surface area contributed by atoms with E-state index in [4.69, 9.17) is 11.6 Å². The Bertz CT molecular complexity index is 488. The Balaban J connectivity index is 1.94. The maximum absolute atomic E-state index is 11.9. The van der Waals surface area contributed by atoms with E-state index in [0.29, 0.717) is 16.7 Å². The van der Waals surface area contributed by atoms with Gasteiger partial charge in [-0.3, -0.25) is 0 Å². The molecule has 17 heavy (non-hydrogen) atoms. The fraction of sp³-hybridized carbons (Fsp3) is 0.600. The molecule has 0 radical (unpaired) electrons. The lowest BCUT2D eigenvalue weighted by Crippen LogP contribution is -2.28. The lowest BCUT2D eigenvalue weighted by atomic mass is 10.1. The highest BCUT2D eigenvalue weighted by molar-refractivity contribution is 9.11. The molecule has 2 rings (SSSR count). The number of rotatable bonds is 4. The van der Waals surface area contributed by atoms with Crippen LogP contribution in [0.3, 0.4) is 0 Å². The van der Waals surface area contributed by atoms with Crippen molar-refractivity contribution in [2.75, 3.05) is 6.54 Å². The molecule has 0 saturated heterocycles. The smallest absolute Gasteiger partial charge is 0.210 e. The maximum atomic E-state index is 11.9. The van der Waals surface area contributed by atoms with Crippen LogP contribution in [0.4, 0.5) is 0 Å². The predicted molar refractivity (Wildman–Crippen MR) is 74.2 cm³/mol. The largest absolute Gasteiger partial charge is 0.250 e. The van der Waals surface area contributed by atoms with Crippen molar-refractivity contribution in [2.45, 2.75) is 28.8 Å². The van der Waals surface area contributed by atoms with E-state index >= 15 is 0 Å². The quantitative estimate of drug-likeness (QED) is 0.840. The van der Waals surface area contributed by atoms with Gasteiger partial charge in [-0.1, -0.05) is 0 Å². The monoisotopic (exact) mass is 357 g/mol. The van der Waals surface area contributed by atoms with Gasteiger partial charge >= 0.3 is 0 Å². The van der Waals surface area contributed by atoms with Crippen LogP contribution in [0.5, 0.6) is 0 Å². The highest BCUT2D eigenvalue weighted by Gasteiger charge is 2.25. The molecule has 2 atom stereocenters. The van der Waals surface area contributed by atoms with Gasteiger partial charge in [0.05, 0.1) is 3.79 Å². The molecule has 1 aliphatic carbocycles. The summed E-state index contributed by atoms with van der Waals surface area (Å²) in [7, 11) is -3.35. The first kappa shape index (κ1) is 13.8. The van der Waals surface area contributed by atoms with Crippen molar-refractivity contribution in [3.05, 3.63) is 15.9 Å². The van der Waals surface area contributed by atoms with Gasteiger partial charge in [-0.2, -0.15) is 0 Å². The molecule has 1 heterocycles. The minimum atomic E-state index is -3.35. The van der Waals surface area contributed by atoms with Crippen molar-refractivity contribution in [3.8, 4) is 0 Å². The SMILES string of the molecule is O=S(=O)(NCC1CCC(Cl)C1)c1ccc(Br)s1. The molecular formula is C10H13BrClNO2S2. The van der Waals surface area contributed by atoms with Crippen LogP contribution in [0.15, 0.2) is 20.1 Å². The van der Waals surface area contributed by atoms with Gasteiger partial charge in [0.15, 0.2) is 0 Å². The van der Waals surface area contributed by atoms with Gasteiger partial charge in [0, 0.05) is 11.9 Å². The highest BCUT2D eigenvalue weighted by Crippen LogP contribution is 2.30. The molecule has 1 aromatic heterocycles. The van der Waals surface area contributed by atoms with Gasteiger partial charge in [0.1, 0.15) is 4.21 Å². The summed E-state index contributed by atoms with van der Waals surface area (Å²) in [4.78, 5) is 0. The predicted octanol–water partition coefficient (Wildman–Crippen LogP) is 3.20. The van der Waals surface area contributed by atoms with E-state index in [1.807, 2.05) is 0 Å². The second kappa shape index (κ2) is 5.57. The molecule has 2 unspecified atom stereocenters. The Labute approximate surface area is 119 Å². The molecule has 1 N–H and O–H groups in total. The number of alkyl halides is 1. The van der Waals surface area contributed by atoms with E-state index in [0.717, 1.165) is 23.0 Å². The zero-order valence-corrected chi connectivity index (χ0v) is 13.0. The molecule has 1 aliphatic rings. The van der Waals surface area contributed by atoms with Gasteiger partial charge in [0.25, 0.3) is 0 Å². The molecule has 0 spiro atoms. The second-order valence-corrected chi connectivity index (χ2v) is 9.26. The first-order valence-corrected chi connectivity index (χ1v) is 8.89. The fourth-order valence-electron chi connectivity index (χ4n) is 1.94. The van der Waals surface area contributed by atoms with Gasteiger partial charge in [0.2, 0.25) is 10.0 Å². The summed E-state index contributed by atoms with van der Waals surface area (Å²) in [6.07, 6.45) is 2.89. The van der Waals surface area contributed by atoms with Crippen molar-refractivity contribution in [1.82, 2.24) is 4.72 Å². The third-order valence-electron chi connectivity index (χ3n) is 2.85. The van der Waals surface area contributed by atoms with Gasteiger partial charge in [-0.05, 0) is 53.2 Å². The molecule has 0 aliphatic heterocycles. The summed E-state index contributed by atoms with van der Waals surface area (Å²) < 4.78 is 27.7. The van der Waals surface area contributed by atoms with Crippen molar-refractivity contribution >= 4 is 48.9 Å². The Morgan fingerprint density at radius 1 is 1.47 bits per heavy atom. The molecule has 1 saturated carbocycles. The molecular weight excluding hydrogens is 346 g/mol. The lowest BCUT2D eigenvalue weighted by molar-refractivity contribution is 0.521. The Hall–Kier alpha value is 0.380. The third kappa shape index (κ3) is 3.67. The number of thiophene rings is 1. The molecule has 1 aromatic rings. The Morgan fingerprint density at radius 2 is 2.24 bits per heavy atom. The summed E-state index contributed by atoms with van der Waals surface area (Å²) in [5, 5.41) is 0.209. The van der Waals surface area contributed by atoms with Crippen LogP contribution in [0.2, 0.25) is 0 Å². The minimum absolute atomic E-state index is 0.209. The Morgan fingerprint density at radius 3 is 2.76 bits per heavy atom. The minimum Gasteiger partial charge on any atom is -0.210 e. The summed E-state index contributed by atoms with van der Waals surface area (Å²) in [5.41, 5.74) is 0. The second-order valence-electron chi connectivity index (χ2n) is 4.19. The summed E-state index contributed by atoms with van der Waals surface area (Å²) in [6.45, 7) is 0.487. The van der Waals surface area contributed by atoms with Crippen molar-refractivity contribution < 1.29 is 8.42 Å². The zero-order valence-electron chi connectivity index (χ0n) is 9.03. The normalized spacial score (nSPS) is 25.3. The van der Waals surface area contributed by atoms with E-state index in [-0.39, 0.29) is 5.38 Å². The van der Waals surface area contributed by atoms with Crippen molar-refractivity contribution in [1.29, 1.82) is 0 Å². The fourth-order valence-corrected chi connectivity index (χ4v) is 5.49. The van der Waals surface area contributed by atoms with Crippen LogP contribution in [0, 0.1) is 5.92 Å². The number of nitrogens with one attached hydrogen (secondary N) is 1. The molecule has 96 valence electrons. The summed E-state index contributed by atoms with van der Waals surface area (Å²) >= 11 is 10.5. The van der Waals surface area contributed by atoms with Gasteiger partial charge in [-0.25, -0.2) is 13.1 Å². The van der Waals surface area contributed by atoms with Crippen molar-refractivity contribution in [2.24, 2.45) is 5.92 Å². The topological polar surface area (TPSA) is 46.2 Å². The average Bonchev–Trinajstić information content (AvgIpc) is 2.85. The van der Waals surface area contributed by atoms with Crippen molar-refractivity contribution in [3.63, 3.8) is 0 Å². The third-order valence-corrected chi connectivity index (χ3v) is 6.79. The number of halogens is 2. The van der Waals surface area contributed by atoms with Crippen LogP contribution in [0.1, 0.15) is 19.3 Å². The molecule has 0 aromatic carbocycles. The molecule has 0 bridgehead atoms. The zero-order chi connectivity index (χ0) is 12.5. The van der Waals surface area contributed by atoms with E-state index in [9.17, 15) is 8.42 Å². The van der Waals surface area contributed by atoms with Gasteiger partial charge < -0.3 is 0 Å². The lowest BCUT2D eigenvalue weighted by Gasteiger charge is -2.10. The van der Waals surface area contributed by atoms with Gasteiger partial charge in [-0.15, -0.1) is 22.9 Å². The highest BCUT2D eigenvalue weighted by atomic mass is 79.9. The van der Waals surface area contributed by atoms with E-state index in [2.05, 4.69) is 20.7 Å². The molecule has 0 amide bonds. The average molecular weight is 359 g/mol. The van der Waals surface area contributed by atoms with E-state index < -0.39 is 10.0 Å². The standard InChI is InChI=1S/C10H13BrClNO2S2/c11-9-3-4-10(16-9)17(14,15)13-6-7-1-2-8(12)5-7/h3-4,7-8,13H,1-2,5-6H2. The maximum Gasteiger partial charge on any atom is 0.250 e. The van der Waals surface area contributed by atoms with Crippen LogP contribution in [-0.2, 0) is 10.0 Å². The molecule has 7 heteroatoms. The summed E-state index contributed by atoms with van der Waals surface area (Å²) in [5.74, 6) is 0.371. The number of sulfonamides is 1. The van der Waals surface area contributed by atoms with Crippen LogP contribution in [-0.4, -0.2) is 20.3 Å². The Kier molecular flexibility index (Phi) is 4.52. The van der Waals surface area contributed by atoms with Crippen LogP contribution >= 0.6 is 38.9 Å². The van der Waals surface area contributed by atoms with Crippen LogP contribution < -0.4 is 4.72 Å². The van der Waals surface area contributed by atoms with E-state index in [1.165, 1.54) is 11.3 Å². The molecule has 3 nitrogen and oxygen atoms in total. The van der Waals surface area contributed by atoms with Crippen LogP contribution in [0.25, 0.3) is 0 Å². The molecule has 1 fully saturated rings. The number of hydrogen-bond acceptors (Lipinski definition) is 3.